The van der Waals surface area contributed by atoms with E-state index in [2.05, 4.69) is 22.8 Å². The molecule has 0 radical (unpaired) electrons. The third-order valence-corrected chi connectivity index (χ3v) is 6.77. The highest BCUT2D eigenvalue weighted by Crippen LogP contribution is 2.46. The summed E-state index contributed by atoms with van der Waals surface area (Å²) in [5.41, 5.74) is 1.60. The minimum atomic E-state index is 0.0114. The minimum Gasteiger partial charge on any atom is -0.381 e. The van der Waals surface area contributed by atoms with Crippen LogP contribution in [-0.2, 0) is 4.74 Å². The van der Waals surface area contributed by atoms with Gasteiger partial charge in [0, 0.05) is 30.3 Å². The topological polar surface area (TPSA) is 50.4 Å². The third-order valence-electron chi connectivity index (χ3n) is 6.52. The molecule has 25 heavy (non-hydrogen) atoms. The molecular weight excluding hydrogens is 336 g/mol. The van der Waals surface area contributed by atoms with Gasteiger partial charge in [-0.1, -0.05) is 30.2 Å². The van der Waals surface area contributed by atoms with Gasteiger partial charge in [0.1, 0.15) is 0 Å². The summed E-state index contributed by atoms with van der Waals surface area (Å²) in [6, 6.07) is 8.68. The van der Waals surface area contributed by atoms with Crippen LogP contribution in [0.1, 0.15) is 56.4 Å². The summed E-state index contributed by atoms with van der Waals surface area (Å²) in [7, 11) is 0. The molecule has 2 saturated carbocycles. The van der Waals surface area contributed by atoms with Crippen molar-refractivity contribution in [2.75, 3.05) is 13.2 Å². The Morgan fingerprint density at radius 1 is 1.08 bits per heavy atom. The van der Waals surface area contributed by atoms with E-state index in [4.69, 9.17) is 16.3 Å². The molecule has 1 heterocycles. The average molecular weight is 363 g/mol. The summed E-state index contributed by atoms with van der Waals surface area (Å²) in [6.45, 7) is 1.68. The zero-order valence-electron chi connectivity index (χ0n) is 14.6. The van der Waals surface area contributed by atoms with E-state index in [1.165, 1.54) is 18.4 Å². The molecule has 0 bridgehead atoms. The Morgan fingerprint density at radius 3 is 2.52 bits per heavy atom. The number of carbonyl (C=O) groups is 1. The highest BCUT2D eigenvalue weighted by Gasteiger charge is 2.44. The predicted molar refractivity (Wildman–Crippen MR) is 99.0 cm³/mol. The molecule has 1 aromatic rings. The maximum absolute atomic E-state index is 12.4. The van der Waals surface area contributed by atoms with E-state index in [-0.39, 0.29) is 17.5 Å². The lowest BCUT2D eigenvalue weighted by atomic mass is 9.75. The van der Waals surface area contributed by atoms with Crippen LogP contribution >= 0.6 is 11.6 Å². The molecule has 4 rings (SSSR count). The van der Waals surface area contributed by atoms with Crippen molar-refractivity contribution in [2.45, 2.75) is 62.9 Å². The standard InChI is InChI=1S/C20H27ClN2O2/c21-16-5-3-14(4-6-16)15-12-17(13-15)22-19(24)23-18-2-1-7-20(18)8-10-25-11-9-20/h3-6,15,17-18H,1-2,7-13H2,(H2,22,23,24). The number of benzene rings is 1. The van der Waals surface area contributed by atoms with Gasteiger partial charge in [0.25, 0.3) is 0 Å². The SMILES string of the molecule is O=C(NC1CC(c2ccc(Cl)cc2)C1)NC1CCCC12CCOCC2. The molecule has 1 spiro atoms. The van der Waals surface area contributed by atoms with Gasteiger partial charge < -0.3 is 15.4 Å². The van der Waals surface area contributed by atoms with E-state index in [9.17, 15) is 4.79 Å². The Hall–Kier alpha value is -1.26. The molecule has 2 aliphatic carbocycles. The molecule has 3 aliphatic rings. The van der Waals surface area contributed by atoms with E-state index >= 15 is 0 Å². The van der Waals surface area contributed by atoms with Gasteiger partial charge in [-0.25, -0.2) is 4.79 Å². The maximum atomic E-state index is 12.4. The van der Waals surface area contributed by atoms with Gasteiger partial charge in [-0.3, -0.25) is 0 Å². The largest absolute Gasteiger partial charge is 0.381 e. The van der Waals surface area contributed by atoms with Gasteiger partial charge in [-0.2, -0.15) is 0 Å². The molecule has 1 aliphatic heterocycles. The van der Waals surface area contributed by atoms with Crippen molar-refractivity contribution >= 4 is 17.6 Å². The number of amides is 2. The number of nitrogens with one attached hydrogen (secondary N) is 2. The van der Waals surface area contributed by atoms with Gasteiger partial charge in [-0.05, 0) is 67.6 Å². The fourth-order valence-corrected chi connectivity index (χ4v) is 4.99. The van der Waals surface area contributed by atoms with Crippen LogP contribution in [0.25, 0.3) is 0 Å². The third kappa shape index (κ3) is 3.65. The summed E-state index contributed by atoms with van der Waals surface area (Å²) < 4.78 is 5.53. The quantitative estimate of drug-likeness (QED) is 0.845. The van der Waals surface area contributed by atoms with Crippen LogP contribution < -0.4 is 10.6 Å². The molecule has 3 fully saturated rings. The molecule has 5 heteroatoms. The Bertz CT molecular complexity index is 607. The van der Waals surface area contributed by atoms with Gasteiger partial charge in [-0.15, -0.1) is 0 Å². The van der Waals surface area contributed by atoms with Crippen molar-refractivity contribution in [3.63, 3.8) is 0 Å². The minimum absolute atomic E-state index is 0.0114. The number of hydrogen-bond acceptors (Lipinski definition) is 2. The zero-order valence-corrected chi connectivity index (χ0v) is 15.4. The van der Waals surface area contributed by atoms with Gasteiger partial charge in [0.2, 0.25) is 0 Å². The molecule has 1 saturated heterocycles. The molecule has 1 unspecified atom stereocenters. The zero-order chi connectivity index (χ0) is 17.3. The number of halogens is 1. The smallest absolute Gasteiger partial charge is 0.315 e. The molecule has 1 atom stereocenters. The lowest BCUT2D eigenvalue weighted by Gasteiger charge is -2.40. The Morgan fingerprint density at radius 2 is 1.80 bits per heavy atom. The van der Waals surface area contributed by atoms with Crippen LogP contribution in [0.5, 0.6) is 0 Å². The molecule has 1 aromatic carbocycles. The van der Waals surface area contributed by atoms with Gasteiger partial charge >= 0.3 is 6.03 Å². The lowest BCUT2D eigenvalue weighted by Crippen LogP contribution is -2.54. The average Bonchev–Trinajstić information content (AvgIpc) is 2.94. The Balaban J connectivity index is 1.25. The Labute approximate surface area is 154 Å². The van der Waals surface area contributed by atoms with Crippen molar-refractivity contribution in [3.05, 3.63) is 34.9 Å². The summed E-state index contributed by atoms with van der Waals surface area (Å²) in [4.78, 5) is 12.4. The van der Waals surface area contributed by atoms with Crippen LogP contribution in [0.3, 0.4) is 0 Å². The van der Waals surface area contributed by atoms with Crippen molar-refractivity contribution in [1.82, 2.24) is 10.6 Å². The number of ether oxygens (including phenoxy) is 1. The first-order valence-corrected chi connectivity index (χ1v) is 9.93. The van der Waals surface area contributed by atoms with Crippen molar-refractivity contribution < 1.29 is 9.53 Å². The normalized spacial score (nSPS) is 30.7. The maximum Gasteiger partial charge on any atom is 0.315 e. The van der Waals surface area contributed by atoms with Crippen LogP contribution in [0.15, 0.2) is 24.3 Å². The molecular formula is C20H27ClN2O2. The fraction of sp³-hybridized carbons (Fsp3) is 0.650. The van der Waals surface area contributed by atoms with E-state index < -0.39 is 0 Å². The van der Waals surface area contributed by atoms with E-state index in [1.54, 1.807) is 0 Å². The highest BCUT2D eigenvalue weighted by molar-refractivity contribution is 6.30. The number of urea groups is 1. The summed E-state index contributed by atoms with van der Waals surface area (Å²) >= 11 is 5.94. The molecule has 136 valence electrons. The van der Waals surface area contributed by atoms with Crippen molar-refractivity contribution in [3.8, 4) is 0 Å². The Kier molecular flexibility index (Phi) is 4.92. The van der Waals surface area contributed by atoms with Crippen LogP contribution in [0.2, 0.25) is 5.02 Å². The fourth-order valence-electron chi connectivity index (χ4n) is 4.87. The van der Waals surface area contributed by atoms with Crippen LogP contribution in [0, 0.1) is 5.41 Å². The number of rotatable bonds is 3. The van der Waals surface area contributed by atoms with Crippen molar-refractivity contribution in [1.29, 1.82) is 0 Å². The number of carbonyl (C=O) groups excluding carboxylic acids is 1. The van der Waals surface area contributed by atoms with E-state index in [1.807, 2.05) is 12.1 Å². The molecule has 4 nitrogen and oxygen atoms in total. The second-order valence-corrected chi connectivity index (χ2v) is 8.39. The molecule has 2 amide bonds. The first kappa shape index (κ1) is 17.2. The van der Waals surface area contributed by atoms with E-state index in [0.717, 1.165) is 50.3 Å². The predicted octanol–water partition coefficient (Wildman–Crippen LogP) is 4.23. The number of hydrogen-bond donors (Lipinski definition) is 2. The van der Waals surface area contributed by atoms with Crippen molar-refractivity contribution in [2.24, 2.45) is 5.41 Å². The first-order valence-electron chi connectivity index (χ1n) is 9.55. The summed E-state index contributed by atoms with van der Waals surface area (Å²) in [5.74, 6) is 0.538. The van der Waals surface area contributed by atoms with E-state index in [0.29, 0.717) is 12.0 Å². The van der Waals surface area contributed by atoms with Crippen LogP contribution in [0.4, 0.5) is 4.79 Å². The summed E-state index contributed by atoms with van der Waals surface area (Å²) in [6.07, 6.45) is 7.74. The van der Waals surface area contributed by atoms with Gasteiger partial charge in [0.15, 0.2) is 0 Å². The monoisotopic (exact) mass is 362 g/mol. The van der Waals surface area contributed by atoms with Crippen LogP contribution in [-0.4, -0.2) is 31.3 Å². The van der Waals surface area contributed by atoms with Gasteiger partial charge in [0.05, 0.1) is 0 Å². The second kappa shape index (κ2) is 7.16. The molecule has 2 N–H and O–H groups in total. The first-order chi connectivity index (χ1) is 12.1. The highest BCUT2D eigenvalue weighted by atomic mass is 35.5. The molecule has 0 aromatic heterocycles. The lowest BCUT2D eigenvalue weighted by molar-refractivity contribution is 0.00611. The second-order valence-electron chi connectivity index (χ2n) is 7.95. The summed E-state index contributed by atoms with van der Waals surface area (Å²) in [5, 5.41) is 7.22.